The van der Waals surface area contributed by atoms with Crippen molar-refractivity contribution in [2.24, 2.45) is 0 Å². The fraction of sp³-hybridized carbons (Fsp3) is 0.0625. The van der Waals surface area contributed by atoms with Gasteiger partial charge in [0.05, 0.1) is 0 Å². The summed E-state index contributed by atoms with van der Waals surface area (Å²) in [6.07, 6.45) is 1.70. The van der Waals surface area contributed by atoms with Crippen LogP contribution in [0, 0.1) is 11.6 Å². The van der Waals surface area contributed by atoms with Crippen LogP contribution in [0.5, 0.6) is 0 Å². The Balaban J connectivity index is 2.13. The lowest BCUT2D eigenvalue weighted by Gasteiger charge is -2.06. The second-order valence-electron chi connectivity index (χ2n) is 4.35. The molecule has 0 unspecified atom stereocenters. The van der Waals surface area contributed by atoms with Crippen molar-refractivity contribution >= 4 is 17.7 Å². The van der Waals surface area contributed by atoms with E-state index in [9.17, 15) is 13.6 Å². The van der Waals surface area contributed by atoms with Crippen LogP contribution in [-0.4, -0.2) is 5.91 Å². The molecule has 0 spiro atoms. The van der Waals surface area contributed by atoms with Crippen LogP contribution in [0.1, 0.15) is 12.5 Å². The zero-order valence-corrected chi connectivity index (χ0v) is 10.9. The lowest BCUT2D eigenvalue weighted by atomic mass is 10.1. The van der Waals surface area contributed by atoms with Gasteiger partial charge >= 0.3 is 0 Å². The van der Waals surface area contributed by atoms with E-state index < -0.39 is 17.5 Å². The minimum absolute atomic E-state index is 0.0910. The molecule has 0 aliphatic rings. The average molecular weight is 273 g/mol. The van der Waals surface area contributed by atoms with E-state index >= 15 is 0 Å². The normalized spacial score (nSPS) is 11.2. The van der Waals surface area contributed by atoms with E-state index in [1.165, 1.54) is 0 Å². The Hall–Kier alpha value is -2.49. The van der Waals surface area contributed by atoms with E-state index in [0.29, 0.717) is 5.57 Å². The molecular weight excluding hydrogens is 260 g/mol. The molecule has 1 amide bonds. The van der Waals surface area contributed by atoms with Crippen LogP contribution in [0.2, 0.25) is 0 Å². The summed E-state index contributed by atoms with van der Waals surface area (Å²) < 4.78 is 26.0. The fourth-order valence-corrected chi connectivity index (χ4v) is 1.72. The Bertz CT molecular complexity index is 631. The van der Waals surface area contributed by atoms with Crippen molar-refractivity contribution in [2.45, 2.75) is 6.92 Å². The zero-order valence-electron chi connectivity index (χ0n) is 10.9. The molecule has 0 aliphatic carbocycles. The minimum Gasteiger partial charge on any atom is -0.322 e. The van der Waals surface area contributed by atoms with Crippen molar-refractivity contribution in [2.75, 3.05) is 5.32 Å². The third-order valence-electron chi connectivity index (χ3n) is 2.66. The van der Waals surface area contributed by atoms with E-state index in [2.05, 4.69) is 5.32 Å². The predicted molar refractivity (Wildman–Crippen MR) is 75.1 cm³/mol. The van der Waals surface area contributed by atoms with Gasteiger partial charge in [0.25, 0.3) is 5.91 Å². The lowest BCUT2D eigenvalue weighted by Crippen LogP contribution is -2.12. The number of rotatable bonds is 3. The molecule has 0 atom stereocenters. The van der Waals surface area contributed by atoms with Crippen LogP contribution in [0.3, 0.4) is 0 Å². The number of carbonyl (C=O) groups excluding carboxylic acids is 1. The van der Waals surface area contributed by atoms with Crippen molar-refractivity contribution in [3.63, 3.8) is 0 Å². The minimum atomic E-state index is -0.731. The maximum Gasteiger partial charge on any atom is 0.251 e. The Morgan fingerprint density at radius 1 is 1.05 bits per heavy atom. The molecule has 0 aliphatic heterocycles. The molecule has 4 heteroatoms. The average Bonchev–Trinajstić information content (AvgIpc) is 2.38. The number of hydrogen-bond donors (Lipinski definition) is 1. The highest BCUT2D eigenvalue weighted by molar-refractivity contribution is 6.06. The summed E-state index contributed by atoms with van der Waals surface area (Å²) in [4.78, 5) is 11.9. The SMILES string of the molecule is C/C(=C\c1ccccc1)C(=O)Nc1cc(F)cc(F)c1. The molecule has 2 aromatic carbocycles. The Morgan fingerprint density at radius 2 is 1.65 bits per heavy atom. The van der Waals surface area contributed by atoms with Gasteiger partial charge in [-0.1, -0.05) is 30.3 Å². The van der Waals surface area contributed by atoms with Crippen molar-refractivity contribution < 1.29 is 13.6 Å². The zero-order chi connectivity index (χ0) is 14.5. The molecule has 0 heterocycles. The third-order valence-corrected chi connectivity index (χ3v) is 2.66. The van der Waals surface area contributed by atoms with Gasteiger partial charge in [0.1, 0.15) is 11.6 Å². The maximum absolute atomic E-state index is 13.0. The van der Waals surface area contributed by atoms with E-state index in [-0.39, 0.29) is 5.69 Å². The molecule has 0 fully saturated rings. The van der Waals surface area contributed by atoms with Crippen molar-refractivity contribution in [1.82, 2.24) is 0 Å². The quantitative estimate of drug-likeness (QED) is 0.841. The second kappa shape index (κ2) is 6.10. The van der Waals surface area contributed by atoms with Crippen molar-refractivity contribution in [1.29, 1.82) is 0 Å². The monoisotopic (exact) mass is 273 g/mol. The van der Waals surface area contributed by atoms with Gasteiger partial charge in [-0.25, -0.2) is 8.78 Å². The molecule has 0 aromatic heterocycles. The number of hydrogen-bond acceptors (Lipinski definition) is 1. The van der Waals surface area contributed by atoms with Gasteiger partial charge in [0.2, 0.25) is 0 Å². The molecule has 0 saturated heterocycles. The van der Waals surface area contributed by atoms with Gasteiger partial charge in [0, 0.05) is 17.3 Å². The first-order valence-electron chi connectivity index (χ1n) is 6.05. The largest absolute Gasteiger partial charge is 0.322 e. The molecule has 20 heavy (non-hydrogen) atoms. The first kappa shape index (κ1) is 13.9. The second-order valence-corrected chi connectivity index (χ2v) is 4.35. The van der Waals surface area contributed by atoms with Crippen molar-refractivity contribution in [3.05, 3.63) is 71.3 Å². The highest BCUT2D eigenvalue weighted by Crippen LogP contribution is 2.14. The van der Waals surface area contributed by atoms with Gasteiger partial charge in [0.15, 0.2) is 0 Å². The third kappa shape index (κ3) is 3.75. The number of nitrogens with one attached hydrogen (secondary N) is 1. The fourth-order valence-electron chi connectivity index (χ4n) is 1.72. The summed E-state index contributed by atoms with van der Waals surface area (Å²) in [6, 6.07) is 12.2. The summed E-state index contributed by atoms with van der Waals surface area (Å²) in [5.41, 5.74) is 1.42. The molecule has 0 radical (unpaired) electrons. The number of halogens is 2. The first-order chi connectivity index (χ1) is 9.54. The maximum atomic E-state index is 13.0. The molecule has 2 nitrogen and oxygen atoms in total. The molecule has 0 saturated carbocycles. The predicted octanol–water partition coefficient (Wildman–Crippen LogP) is 4.01. The Kier molecular flexibility index (Phi) is 4.25. The highest BCUT2D eigenvalue weighted by Gasteiger charge is 2.07. The lowest BCUT2D eigenvalue weighted by molar-refractivity contribution is -0.112. The van der Waals surface area contributed by atoms with Gasteiger partial charge in [-0.2, -0.15) is 0 Å². The van der Waals surface area contributed by atoms with Crippen LogP contribution >= 0.6 is 0 Å². The Morgan fingerprint density at radius 3 is 2.25 bits per heavy atom. The molecule has 102 valence electrons. The molecule has 2 aromatic rings. The van der Waals surface area contributed by atoms with E-state index in [1.807, 2.05) is 30.3 Å². The number of carbonyl (C=O) groups is 1. The molecule has 2 rings (SSSR count). The van der Waals surface area contributed by atoms with Gasteiger partial charge in [-0.05, 0) is 30.7 Å². The summed E-state index contributed by atoms with van der Waals surface area (Å²) in [7, 11) is 0. The number of anilines is 1. The Labute approximate surface area is 115 Å². The highest BCUT2D eigenvalue weighted by atomic mass is 19.1. The van der Waals surface area contributed by atoms with Crippen LogP contribution in [0.25, 0.3) is 6.08 Å². The topological polar surface area (TPSA) is 29.1 Å². The standard InChI is InChI=1S/C16H13F2NO/c1-11(7-12-5-3-2-4-6-12)16(20)19-15-9-13(17)8-14(18)10-15/h2-10H,1H3,(H,19,20)/b11-7+. The van der Waals surface area contributed by atoms with Crippen LogP contribution in [0.15, 0.2) is 54.1 Å². The summed E-state index contributed by atoms with van der Waals surface area (Å²) in [5, 5.41) is 2.46. The van der Waals surface area contributed by atoms with Gasteiger partial charge in [-0.15, -0.1) is 0 Å². The first-order valence-corrected chi connectivity index (χ1v) is 6.05. The van der Waals surface area contributed by atoms with E-state index in [1.54, 1.807) is 13.0 Å². The summed E-state index contributed by atoms with van der Waals surface area (Å²) in [6.45, 7) is 1.64. The van der Waals surface area contributed by atoms with Gasteiger partial charge in [-0.3, -0.25) is 4.79 Å². The van der Waals surface area contributed by atoms with E-state index in [4.69, 9.17) is 0 Å². The van der Waals surface area contributed by atoms with Crippen LogP contribution in [0.4, 0.5) is 14.5 Å². The van der Waals surface area contributed by atoms with E-state index in [0.717, 1.165) is 23.8 Å². The van der Waals surface area contributed by atoms with Crippen molar-refractivity contribution in [3.8, 4) is 0 Å². The summed E-state index contributed by atoms with van der Waals surface area (Å²) in [5.74, 6) is -1.87. The van der Waals surface area contributed by atoms with Crippen LogP contribution in [-0.2, 0) is 4.79 Å². The van der Waals surface area contributed by atoms with Gasteiger partial charge < -0.3 is 5.32 Å². The molecule has 0 bridgehead atoms. The smallest absolute Gasteiger partial charge is 0.251 e. The molecule has 1 N–H and O–H groups in total. The summed E-state index contributed by atoms with van der Waals surface area (Å²) >= 11 is 0. The van der Waals surface area contributed by atoms with Crippen LogP contribution < -0.4 is 5.32 Å². The number of benzene rings is 2. The molecular formula is C16H13F2NO. The number of amides is 1.